The van der Waals surface area contributed by atoms with Gasteiger partial charge in [0.05, 0.1) is 34.3 Å². The molecule has 5 rings (SSSR count). The monoisotopic (exact) mass is 495 g/mol. The first-order valence-electron chi connectivity index (χ1n) is 10.9. The van der Waals surface area contributed by atoms with E-state index in [1.807, 2.05) is 0 Å². The Morgan fingerprint density at radius 2 is 2.03 bits per heavy atom. The van der Waals surface area contributed by atoms with Crippen LogP contribution in [0.5, 0.6) is 0 Å². The Morgan fingerprint density at radius 1 is 1.20 bits per heavy atom. The average Bonchev–Trinajstić information content (AvgIpc) is 3.61. The quantitative estimate of drug-likeness (QED) is 0.279. The van der Waals surface area contributed by atoms with E-state index in [-0.39, 0.29) is 17.0 Å². The van der Waals surface area contributed by atoms with E-state index in [9.17, 15) is 18.0 Å². The molecule has 0 bridgehead atoms. The number of ketones is 1. The van der Waals surface area contributed by atoms with Crippen LogP contribution in [0.25, 0.3) is 22.6 Å². The standard InChI is InChI=1S/C24H21N3O7S/c1-3-35(30,31)27-9-8-15-11-16(6-7-19(15)27)20(28)13-33-24(29)17-12-18(21-5-4-10-32-21)25-23-22(17)14(2)26-34-23/h4-7,10-12H,3,8-9,13H2,1-2H3. The van der Waals surface area contributed by atoms with E-state index >= 15 is 0 Å². The molecule has 0 aliphatic carbocycles. The van der Waals surface area contributed by atoms with Crippen molar-refractivity contribution < 1.29 is 31.7 Å². The molecule has 0 fully saturated rings. The maximum Gasteiger partial charge on any atom is 0.339 e. The number of benzene rings is 1. The fourth-order valence-corrected chi connectivity index (χ4v) is 5.25. The molecule has 180 valence electrons. The van der Waals surface area contributed by atoms with E-state index in [1.54, 1.807) is 44.2 Å². The number of pyridine rings is 1. The van der Waals surface area contributed by atoms with Gasteiger partial charge in [-0.2, -0.15) is 0 Å². The lowest BCUT2D eigenvalue weighted by atomic mass is 10.1. The molecule has 0 amide bonds. The van der Waals surface area contributed by atoms with Gasteiger partial charge in [0.2, 0.25) is 10.0 Å². The van der Waals surface area contributed by atoms with Crippen molar-refractivity contribution in [2.24, 2.45) is 0 Å². The molecule has 0 saturated heterocycles. The Kier molecular flexibility index (Phi) is 5.64. The van der Waals surface area contributed by atoms with Crippen molar-refractivity contribution in [2.75, 3.05) is 23.2 Å². The highest BCUT2D eigenvalue weighted by atomic mass is 32.2. The molecule has 0 N–H and O–H groups in total. The van der Waals surface area contributed by atoms with Crippen LogP contribution >= 0.6 is 0 Å². The second-order valence-corrected chi connectivity index (χ2v) is 10.2. The third-order valence-electron chi connectivity index (χ3n) is 5.90. The van der Waals surface area contributed by atoms with Crippen LogP contribution in [0.15, 0.2) is 51.6 Å². The zero-order chi connectivity index (χ0) is 24.7. The van der Waals surface area contributed by atoms with Crippen LogP contribution in [0.2, 0.25) is 0 Å². The number of ether oxygens (including phenoxy) is 1. The van der Waals surface area contributed by atoms with Crippen molar-refractivity contribution >= 4 is 38.6 Å². The van der Waals surface area contributed by atoms with Gasteiger partial charge in [0.15, 0.2) is 18.2 Å². The van der Waals surface area contributed by atoms with E-state index in [4.69, 9.17) is 13.7 Å². The lowest BCUT2D eigenvalue weighted by Gasteiger charge is -2.18. The third kappa shape index (κ3) is 4.08. The SMILES string of the molecule is CCS(=O)(=O)N1CCc2cc(C(=O)COC(=O)c3cc(-c4ccco4)nc4onc(C)c34)ccc21. The zero-order valence-electron chi connectivity index (χ0n) is 19.0. The largest absolute Gasteiger partial charge is 0.463 e. The van der Waals surface area contributed by atoms with Crippen LogP contribution < -0.4 is 4.31 Å². The van der Waals surface area contributed by atoms with Gasteiger partial charge >= 0.3 is 5.97 Å². The molecule has 11 heteroatoms. The molecule has 3 aromatic heterocycles. The molecule has 0 saturated carbocycles. The molecule has 35 heavy (non-hydrogen) atoms. The maximum atomic E-state index is 13.0. The van der Waals surface area contributed by atoms with Crippen molar-refractivity contribution in [1.82, 2.24) is 10.1 Å². The number of esters is 1. The Morgan fingerprint density at radius 3 is 2.77 bits per heavy atom. The Balaban J connectivity index is 1.36. The van der Waals surface area contributed by atoms with Gasteiger partial charge in [0, 0.05) is 12.1 Å². The van der Waals surface area contributed by atoms with Gasteiger partial charge < -0.3 is 13.7 Å². The molecule has 1 aliphatic rings. The minimum atomic E-state index is -3.38. The number of fused-ring (bicyclic) bond motifs is 2. The summed E-state index contributed by atoms with van der Waals surface area (Å²) in [6.45, 7) is 3.12. The van der Waals surface area contributed by atoms with Crippen molar-refractivity contribution in [3.63, 3.8) is 0 Å². The Hall–Kier alpha value is -3.99. The van der Waals surface area contributed by atoms with Gasteiger partial charge in [-0.3, -0.25) is 9.10 Å². The van der Waals surface area contributed by atoms with E-state index in [0.29, 0.717) is 46.8 Å². The zero-order valence-corrected chi connectivity index (χ0v) is 19.8. The van der Waals surface area contributed by atoms with Gasteiger partial charge in [-0.1, -0.05) is 5.16 Å². The lowest BCUT2D eigenvalue weighted by Crippen LogP contribution is -2.30. The van der Waals surface area contributed by atoms with Gasteiger partial charge in [-0.05, 0) is 62.2 Å². The first-order valence-corrected chi connectivity index (χ1v) is 12.5. The number of aryl methyl sites for hydroxylation is 1. The smallest absolute Gasteiger partial charge is 0.339 e. The molecular weight excluding hydrogens is 474 g/mol. The number of Topliss-reactive ketones (excluding diaryl/α,β-unsaturated/α-hetero) is 1. The van der Waals surface area contributed by atoms with Crippen LogP contribution in [0, 0.1) is 6.92 Å². The number of rotatable bonds is 7. The minimum absolute atomic E-state index is 0.00135. The lowest BCUT2D eigenvalue weighted by molar-refractivity contribution is 0.0476. The minimum Gasteiger partial charge on any atom is -0.463 e. The fraction of sp³-hybridized carbons (Fsp3) is 0.250. The number of anilines is 1. The molecule has 0 unspecified atom stereocenters. The van der Waals surface area contributed by atoms with E-state index in [0.717, 1.165) is 5.56 Å². The van der Waals surface area contributed by atoms with Gasteiger partial charge in [-0.25, -0.2) is 18.2 Å². The van der Waals surface area contributed by atoms with E-state index in [2.05, 4.69) is 10.1 Å². The Labute approximate surface area is 200 Å². The summed E-state index contributed by atoms with van der Waals surface area (Å²) in [6.07, 6.45) is 1.99. The van der Waals surface area contributed by atoms with E-state index in [1.165, 1.54) is 16.6 Å². The molecule has 1 aromatic carbocycles. The van der Waals surface area contributed by atoms with Gasteiger partial charge in [0.25, 0.3) is 5.71 Å². The van der Waals surface area contributed by atoms with Crippen LogP contribution in [0.1, 0.15) is 38.9 Å². The Bertz CT molecular complexity index is 1560. The van der Waals surface area contributed by atoms with Crippen LogP contribution in [0.4, 0.5) is 5.69 Å². The van der Waals surface area contributed by atoms with Crippen LogP contribution in [0.3, 0.4) is 0 Å². The number of hydrogen-bond donors (Lipinski definition) is 0. The number of sulfonamides is 1. The second kappa shape index (κ2) is 8.66. The number of furan rings is 1. The number of hydrogen-bond acceptors (Lipinski definition) is 9. The first-order chi connectivity index (χ1) is 16.8. The summed E-state index contributed by atoms with van der Waals surface area (Å²) in [6, 6.07) is 9.71. The molecule has 0 atom stereocenters. The molecule has 4 heterocycles. The summed E-state index contributed by atoms with van der Waals surface area (Å²) in [4.78, 5) is 30.1. The molecule has 0 radical (unpaired) electrons. The predicted octanol–water partition coefficient (Wildman–Crippen LogP) is 3.54. The fourth-order valence-electron chi connectivity index (χ4n) is 4.09. The van der Waals surface area contributed by atoms with Crippen LogP contribution in [-0.4, -0.2) is 49.2 Å². The predicted molar refractivity (Wildman–Crippen MR) is 126 cm³/mol. The maximum absolute atomic E-state index is 13.0. The normalized spacial score (nSPS) is 13.3. The highest BCUT2D eigenvalue weighted by molar-refractivity contribution is 7.92. The van der Waals surface area contributed by atoms with Crippen molar-refractivity contribution in [1.29, 1.82) is 0 Å². The average molecular weight is 496 g/mol. The highest BCUT2D eigenvalue weighted by Gasteiger charge is 2.29. The number of carbonyl (C=O) groups excluding carboxylic acids is 2. The van der Waals surface area contributed by atoms with Crippen molar-refractivity contribution in [3.05, 3.63) is 65.0 Å². The summed E-state index contributed by atoms with van der Waals surface area (Å²) < 4.78 is 41.8. The summed E-state index contributed by atoms with van der Waals surface area (Å²) in [5, 5.41) is 4.27. The molecule has 10 nitrogen and oxygen atoms in total. The molecule has 1 aliphatic heterocycles. The van der Waals surface area contributed by atoms with E-state index < -0.39 is 28.4 Å². The van der Waals surface area contributed by atoms with Crippen molar-refractivity contribution in [3.8, 4) is 11.5 Å². The summed E-state index contributed by atoms with van der Waals surface area (Å²) in [5.41, 5.74) is 2.81. The van der Waals surface area contributed by atoms with Crippen LogP contribution in [-0.2, 0) is 21.2 Å². The third-order valence-corrected chi connectivity index (χ3v) is 7.68. The second-order valence-electron chi connectivity index (χ2n) is 8.05. The molecule has 4 aromatic rings. The molecule has 0 spiro atoms. The number of carbonyl (C=O) groups is 2. The summed E-state index contributed by atoms with van der Waals surface area (Å²) >= 11 is 0. The summed E-state index contributed by atoms with van der Waals surface area (Å²) in [5.74, 6) is -0.704. The number of nitrogens with zero attached hydrogens (tertiary/aromatic N) is 3. The number of aromatic nitrogens is 2. The molecular formula is C24H21N3O7S. The van der Waals surface area contributed by atoms with Crippen molar-refractivity contribution in [2.45, 2.75) is 20.3 Å². The topological polar surface area (TPSA) is 133 Å². The van der Waals surface area contributed by atoms with Gasteiger partial charge in [-0.15, -0.1) is 0 Å². The van der Waals surface area contributed by atoms with Gasteiger partial charge in [0.1, 0.15) is 5.69 Å². The highest BCUT2D eigenvalue weighted by Crippen LogP contribution is 2.32. The summed E-state index contributed by atoms with van der Waals surface area (Å²) in [7, 11) is -3.38. The first kappa shape index (κ1) is 22.8.